The van der Waals surface area contributed by atoms with Crippen molar-refractivity contribution in [2.75, 3.05) is 27.2 Å². The number of rotatable bonds is 2. The number of ether oxygens (including phenoxy) is 1. The second-order valence-corrected chi connectivity index (χ2v) is 6.88. The molecule has 4 heteroatoms. The molecule has 1 saturated heterocycles. The molecule has 0 radical (unpaired) electrons. The normalized spacial score (nSPS) is 35.2. The van der Waals surface area contributed by atoms with Gasteiger partial charge in [-0.15, -0.1) is 0 Å². The average Bonchev–Trinajstić information content (AvgIpc) is 2.91. The lowest BCUT2D eigenvalue weighted by Gasteiger charge is -2.50. The Morgan fingerprint density at radius 2 is 2.00 bits per heavy atom. The number of hydrogen-bond acceptors (Lipinski definition) is 4. The Morgan fingerprint density at radius 3 is 2.64 bits per heavy atom. The van der Waals surface area contributed by atoms with Crippen LogP contribution in [0.5, 0.6) is 0 Å². The van der Waals surface area contributed by atoms with E-state index in [2.05, 4.69) is 24.0 Å². The minimum atomic E-state index is -0.785. The van der Waals surface area contributed by atoms with E-state index in [4.69, 9.17) is 4.74 Å². The number of hydrogen-bond donors (Lipinski definition) is 0. The van der Waals surface area contributed by atoms with Gasteiger partial charge in [-0.3, -0.25) is 9.59 Å². The Labute approximate surface area is 131 Å². The number of ketones is 1. The Bertz CT molecular complexity index is 600. The van der Waals surface area contributed by atoms with Crippen LogP contribution in [0.1, 0.15) is 25.3 Å². The molecular weight excluding hydrogens is 278 g/mol. The molecule has 3 atom stereocenters. The molecular formula is C18H23NO3. The molecule has 0 aromatic heterocycles. The minimum Gasteiger partial charge on any atom is -0.469 e. The lowest BCUT2D eigenvalue weighted by atomic mass is 9.50. The smallest absolute Gasteiger partial charge is 0.314 e. The van der Waals surface area contributed by atoms with Gasteiger partial charge in [0, 0.05) is 30.8 Å². The molecule has 0 amide bonds. The van der Waals surface area contributed by atoms with Crippen LogP contribution >= 0.6 is 0 Å². The Morgan fingerprint density at radius 1 is 1.32 bits per heavy atom. The van der Waals surface area contributed by atoms with Crippen LogP contribution in [0.25, 0.3) is 0 Å². The summed E-state index contributed by atoms with van der Waals surface area (Å²) in [6, 6.07) is 10.1. The van der Waals surface area contributed by atoms with Gasteiger partial charge in [0.1, 0.15) is 11.2 Å². The topological polar surface area (TPSA) is 46.6 Å². The monoisotopic (exact) mass is 301 g/mol. The highest BCUT2D eigenvalue weighted by molar-refractivity contribution is 5.93. The van der Waals surface area contributed by atoms with Crippen LogP contribution in [-0.2, 0) is 19.7 Å². The number of benzene rings is 1. The maximum absolute atomic E-state index is 12.8. The summed E-state index contributed by atoms with van der Waals surface area (Å²) in [5.41, 5.74) is -0.0501. The molecule has 2 aliphatic rings. The summed E-state index contributed by atoms with van der Waals surface area (Å²) in [5.74, 6) is -0.326. The molecule has 1 aromatic rings. The van der Waals surface area contributed by atoms with E-state index in [0.717, 1.165) is 5.56 Å². The maximum Gasteiger partial charge on any atom is 0.314 e. The van der Waals surface area contributed by atoms with Gasteiger partial charge in [-0.05, 0) is 19.0 Å². The van der Waals surface area contributed by atoms with Crippen LogP contribution < -0.4 is 0 Å². The molecule has 1 heterocycles. The number of likely N-dealkylation sites (tertiary alicyclic amines) is 1. The first kappa shape index (κ1) is 15.2. The highest BCUT2D eigenvalue weighted by Crippen LogP contribution is 2.57. The molecule has 1 aliphatic carbocycles. The molecule has 0 bridgehead atoms. The fourth-order valence-corrected chi connectivity index (χ4v) is 4.60. The summed E-state index contributed by atoms with van der Waals surface area (Å²) in [4.78, 5) is 27.5. The lowest BCUT2D eigenvalue weighted by Crippen LogP contribution is -2.59. The number of carbonyl (C=O) groups excluding carboxylic acids is 2. The average molecular weight is 301 g/mol. The van der Waals surface area contributed by atoms with Crippen molar-refractivity contribution in [1.82, 2.24) is 4.90 Å². The van der Waals surface area contributed by atoms with Gasteiger partial charge in [0.2, 0.25) is 0 Å². The number of methoxy groups -OCH3 is 1. The molecule has 1 aromatic carbocycles. The maximum atomic E-state index is 12.8. The Kier molecular flexibility index (Phi) is 3.60. The number of nitrogens with zero attached hydrogens (tertiary/aromatic N) is 1. The van der Waals surface area contributed by atoms with Crippen LogP contribution in [0.2, 0.25) is 0 Å². The van der Waals surface area contributed by atoms with Gasteiger partial charge in [-0.25, -0.2) is 0 Å². The zero-order valence-corrected chi connectivity index (χ0v) is 13.5. The van der Waals surface area contributed by atoms with Crippen molar-refractivity contribution >= 4 is 11.8 Å². The summed E-state index contributed by atoms with van der Waals surface area (Å²) in [5, 5.41) is 0. The van der Waals surface area contributed by atoms with Gasteiger partial charge < -0.3 is 9.64 Å². The Balaban J connectivity index is 2.20. The van der Waals surface area contributed by atoms with Gasteiger partial charge in [0.25, 0.3) is 0 Å². The first-order chi connectivity index (χ1) is 10.5. The van der Waals surface area contributed by atoms with Crippen molar-refractivity contribution in [3.63, 3.8) is 0 Å². The Hall–Kier alpha value is -1.68. The largest absolute Gasteiger partial charge is 0.469 e. The second kappa shape index (κ2) is 5.20. The van der Waals surface area contributed by atoms with Crippen molar-refractivity contribution in [3.05, 3.63) is 35.9 Å². The molecule has 22 heavy (non-hydrogen) atoms. The fraction of sp³-hybridized carbons (Fsp3) is 0.556. The third-order valence-electron chi connectivity index (χ3n) is 5.81. The first-order valence-corrected chi connectivity index (χ1v) is 7.81. The predicted octanol–water partition coefficient (Wildman–Crippen LogP) is 2.03. The molecule has 4 nitrogen and oxygen atoms in total. The van der Waals surface area contributed by atoms with Crippen LogP contribution in [0.3, 0.4) is 0 Å². The van der Waals surface area contributed by atoms with E-state index in [9.17, 15) is 9.59 Å². The minimum absolute atomic E-state index is 0.197. The number of Topliss-reactive ketones (excluding diaryl/α,β-unsaturated/α-hetero) is 1. The molecule has 0 N–H and O–H groups in total. The molecule has 1 aliphatic heterocycles. The molecule has 3 unspecified atom stereocenters. The highest BCUT2D eigenvalue weighted by atomic mass is 16.5. The van der Waals surface area contributed by atoms with Crippen molar-refractivity contribution in [3.8, 4) is 0 Å². The zero-order valence-electron chi connectivity index (χ0n) is 13.5. The van der Waals surface area contributed by atoms with Crippen molar-refractivity contribution < 1.29 is 14.3 Å². The standard InChI is InChI=1S/C18H23NO3/c1-17(13-7-5-4-6-8-13)10-9-15(20)14-11-19(2)12-18(14,17)16(21)22-3/h4-8,14H,9-12H2,1-3H3. The molecule has 3 rings (SSSR count). The number of carbonyl (C=O) groups is 2. The van der Waals surface area contributed by atoms with Gasteiger partial charge in [0.05, 0.1) is 7.11 Å². The zero-order chi connectivity index (χ0) is 16.0. The van der Waals surface area contributed by atoms with E-state index in [-0.39, 0.29) is 23.1 Å². The van der Waals surface area contributed by atoms with E-state index in [0.29, 0.717) is 25.9 Å². The molecule has 1 saturated carbocycles. The lowest BCUT2D eigenvalue weighted by molar-refractivity contribution is -0.166. The molecule has 118 valence electrons. The number of fused-ring (bicyclic) bond motifs is 1. The summed E-state index contributed by atoms with van der Waals surface area (Å²) >= 11 is 0. The van der Waals surface area contributed by atoms with Crippen LogP contribution in [0.4, 0.5) is 0 Å². The van der Waals surface area contributed by atoms with E-state index < -0.39 is 5.41 Å². The van der Waals surface area contributed by atoms with E-state index in [1.54, 1.807) is 0 Å². The van der Waals surface area contributed by atoms with Crippen LogP contribution in [0.15, 0.2) is 30.3 Å². The second-order valence-electron chi connectivity index (χ2n) is 6.88. The molecule has 0 spiro atoms. The SMILES string of the molecule is COC(=O)C12CN(C)CC1C(=O)CCC2(C)c1ccccc1. The van der Waals surface area contributed by atoms with Gasteiger partial charge >= 0.3 is 5.97 Å². The van der Waals surface area contributed by atoms with E-state index >= 15 is 0 Å². The quantitative estimate of drug-likeness (QED) is 0.784. The van der Waals surface area contributed by atoms with Crippen molar-refractivity contribution in [2.24, 2.45) is 11.3 Å². The summed E-state index contributed by atoms with van der Waals surface area (Å²) < 4.78 is 5.19. The highest BCUT2D eigenvalue weighted by Gasteiger charge is 2.66. The number of esters is 1. The fourth-order valence-electron chi connectivity index (χ4n) is 4.60. The van der Waals surface area contributed by atoms with Crippen molar-refractivity contribution in [1.29, 1.82) is 0 Å². The van der Waals surface area contributed by atoms with Gasteiger partial charge in [-0.2, -0.15) is 0 Å². The van der Waals surface area contributed by atoms with Gasteiger partial charge in [0.15, 0.2) is 0 Å². The van der Waals surface area contributed by atoms with E-state index in [1.165, 1.54) is 7.11 Å². The third-order valence-corrected chi connectivity index (χ3v) is 5.81. The molecule has 2 fully saturated rings. The van der Waals surface area contributed by atoms with Crippen LogP contribution in [0, 0.1) is 11.3 Å². The summed E-state index contributed by atoms with van der Waals surface area (Å²) in [6.07, 6.45) is 1.22. The summed E-state index contributed by atoms with van der Waals surface area (Å²) in [6.45, 7) is 3.33. The predicted molar refractivity (Wildman–Crippen MR) is 83.5 cm³/mol. The first-order valence-electron chi connectivity index (χ1n) is 7.81. The summed E-state index contributed by atoms with van der Waals surface area (Å²) in [7, 11) is 3.40. The van der Waals surface area contributed by atoms with Crippen LogP contribution in [-0.4, -0.2) is 43.9 Å². The van der Waals surface area contributed by atoms with Gasteiger partial charge in [-0.1, -0.05) is 37.3 Å². The third kappa shape index (κ3) is 1.86. The van der Waals surface area contributed by atoms with E-state index in [1.807, 2.05) is 25.2 Å². The van der Waals surface area contributed by atoms with Crippen molar-refractivity contribution in [2.45, 2.75) is 25.2 Å².